The van der Waals surface area contributed by atoms with Crippen LogP contribution in [-0.2, 0) is 0 Å². The second-order valence-electron chi connectivity index (χ2n) is 3.57. The van der Waals surface area contributed by atoms with Crippen LogP contribution in [0, 0.1) is 41.0 Å². The van der Waals surface area contributed by atoms with Gasteiger partial charge in [0.2, 0.25) is 11.6 Å². The van der Waals surface area contributed by atoms with E-state index in [-0.39, 0.29) is 12.1 Å². The van der Waals surface area contributed by atoms with E-state index >= 15 is 0 Å². The monoisotopic (exact) mass is 296 g/mol. The summed E-state index contributed by atoms with van der Waals surface area (Å²) in [6, 6.07) is 0.435. The van der Waals surface area contributed by atoms with Crippen molar-refractivity contribution in [1.82, 2.24) is 4.98 Å². The third-order valence-corrected chi connectivity index (χ3v) is 2.25. The number of halogens is 7. The van der Waals surface area contributed by atoms with Crippen molar-refractivity contribution in [2.45, 2.75) is 0 Å². The predicted octanol–water partition coefficient (Wildman–Crippen LogP) is 3.80. The minimum Gasteiger partial charge on any atom is -0.346 e. The first-order chi connectivity index (χ1) is 9.31. The second kappa shape index (κ2) is 4.99. The second-order valence-corrected chi connectivity index (χ2v) is 3.57. The fraction of sp³-hybridized carbons (Fsp3) is 0. The number of anilines is 2. The van der Waals surface area contributed by atoms with Crippen LogP contribution in [0.4, 0.5) is 42.1 Å². The van der Waals surface area contributed by atoms with E-state index in [0.29, 0.717) is 0 Å². The first kappa shape index (κ1) is 14.1. The third-order valence-electron chi connectivity index (χ3n) is 2.25. The molecule has 1 aromatic heterocycles. The molecule has 0 atom stereocenters. The van der Waals surface area contributed by atoms with Crippen LogP contribution in [0.1, 0.15) is 0 Å². The number of benzene rings is 1. The quantitative estimate of drug-likeness (QED) is 0.673. The Bertz CT molecular complexity index is 638. The normalized spacial score (nSPS) is 10.8. The zero-order chi connectivity index (χ0) is 15.0. The number of rotatable bonds is 2. The molecule has 1 heterocycles. The van der Waals surface area contributed by atoms with Gasteiger partial charge in [0.25, 0.3) is 11.9 Å². The van der Waals surface area contributed by atoms with Crippen molar-refractivity contribution in [2.75, 3.05) is 5.32 Å². The molecule has 20 heavy (non-hydrogen) atoms. The highest BCUT2D eigenvalue weighted by atomic mass is 19.2. The SMILES string of the molecule is Fc1cc(F)c(Nc2c(F)c(F)nc(F)c2F)c(F)c1. The number of aromatic nitrogens is 1. The largest absolute Gasteiger partial charge is 0.346 e. The van der Waals surface area contributed by atoms with Gasteiger partial charge in [-0.15, -0.1) is 0 Å². The maximum Gasteiger partial charge on any atom is 0.253 e. The minimum atomic E-state index is -2.01. The van der Waals surface area contributed by atoms with Crippen molar-refractivity contribution in [3.8, 4) is 0 Å². The molecular formula is C11H3F7N2. The lowest BCUT2D eigenvalue weighted by Crippen LogP contribution is -2.08. The summed E-state index contributed by atoms with van der Waals surface area (Å²) in [5.74, 6) is -12.3. The van der Waals surface area contributed by atoms with Gasteiger partial charge in [-0.3, -0.25) is 0 Å². The van der Waals surface area contributed by atoms with Gasteiger partial charge in [0.1, 0.15) is 17.2 Å². The Morgan fingerprint density at radius 3 is 1.60 bits per heavy atom. The van der Waals surface area contributed by atoms with Crippen molar-refractivity contribution in [1.29, 1.82) is 0 Å². The molecule has 2 nitrogen and oxygen atoms in total. The summed E-state index contributed by atoms with van der Waals surface area (Å²) >= 11 is 0. The first-order valence-electron chi connectivity index (χ1n) is 4.92. The number of pyridine rings is 1. The number of nitrogens with zero attached hydrogens (tertiary/aromatic N) is 1. The van der Waals surface area contributed by atoms with E-state index in [4.69, 9.17) is 0 Å². The molecule has 0 fully saturated rings. The van der Waals surface area contributed by atoms with Crippen LogP contribution in [0.2, 0.25) is 0 Å². The zero-order valence-corrected chi connectivity index (χ0v) is 9.25. The van der Waals surface area contributed by atoms with Crippen LogP contribution < -0.4 is 5.32 Å². The maximum atomic E-state index is 13.3. The smallest absolute Gasteiger partial charge is 0.253 e. The third kappa shape index (κ3) is 2.38. The van der Waals surface area contributed by atoms with Gasteiger partial charge in [0.05, 0.1) is 0 Å². The van der Waals surface area contributed by atoms with Crippen LogP contribution in [0.15, 0.2) is 12.1 Å². The van der Waals surface area contributed by atoms with Gasteiger partial charge >= 0.3 is 0 Å². The summed E-state index contributed by atoms with van der Waals surface area (Å²) < 4.78 is 91.3. The predicted molar refractivity (Wildman–Crippen MR) is 53.7 cm³/mol. The van der Waals surface area contributed by atoms with Crippen LogP contribution in [0.3, 0.4) is 0 Å². The number of nitrogens with one attached hydrogen (secondary N) is 1. The summed E-state index contributed by atoms with van der Waals surface area (Å²) in [4.78, 5) is 2.26. The average Bonchev–Trinajstić information content (AvgIpc) is 2.34. The molecule has 0 aliphatic heterocycles. The van der Waals surface area contributed by atoms with Crippen LogP contribution in [0.25, 0.3) is 0 Å². The molecule has 2 aromatic rings. The fourth-order valence-corrected chi connectivity index (χ4v) is 1.38. The average molecular weight is 296 g/mol. The summed E-state index contributed by atoms with van der Waals surface area (Å²) in [5.41, 5.74) is -2.66. The standard InChI is InChI=1S/C11H3F7N2/c12-3-1-4(13)8(5(14)2-3)19-9-6(15)10(17)20-11(18)7(9)16/h1-2H,(H,19,20). The Balaban J connectivity index is 2.56. The van der Waals surface area contributed by atoms with Gasteiger partial charge in [-0.25, -0.2) is 13.2 Å². The molecule has 0 aliphatic carbocycles. The lowest BCUT2D eigenvalue weighted by molar-refractivity contribution is 0.411. The molecule has 0 bridgehead atoms. The van der Waals surface area contributed by atoms with Crippen molar-refractivity contribution in [2.24, 2.45) is 0 Å². The van der Waals surface area contributed by atoms with Gasteiger partial charge in [-0.05, 0) is 0 Å². The summed E-state index contributed by atoms with van der Waals surface area (Å²) in [7, 11) is 0. The molecule has 9 heteroatoms. The van der Waals surface area contributed by atoms with E-state index in [1.807, 2.05) is 0 Å². The minimum absolute atomic E-state index is 0.217. The van der Waals surface area contributed by atoms with Gasteiger partial charge in [0.15, 0.2) is 11.6 Å². The summed E-state index contributed by atoms with van der Waals surface area (Å²) in [6.45, 7) is 0. The van der Waals surface area contributed by atoms with Gasteiger partial charge in [-0.1, -0.05) is 0 Å². The van der Waals surface area contributed by atoms with E-state index in [1.54, 1.807) is 0 Å². The Kier molecular flexibility index (Phi) is 3.51. The molecule has 0 unspecified atom stereocenters. The molecule has 0 spiro atoms. The van der Waals surface area contributed by atoms with Crippen LogP contribution in [-0.4, -0.2) is 4.98 Å². The fourth-order valence-electron chi connectivity index (χ4n) is 1.38. The molecule has 1 N–H and O–H groups in total. The Labute approximate surface area is 106 Å². The highest BCUT2D eigenvalue weighted by Gasteiger charge is 2.23. The van der Waals surface area contributed by atoms with E-state index < -0.39 is 52.4 Å². The first-order valence-corrected chi connectivity index (χ1v) is 4.92. The van der Waals surface area contributed by atoms with Gasteiger partial charge in [0, 0.05) is 12.1 Å². The topological polar surface area (TPSA) is 24.9 Å². The van der Waals surface area contributed by atoms with Gasteiger partial charge < -0.3 is 5.32 Å². The molecule has 0 aliphatic rings. The molecule has 0 radical (unpaired) electrons. The summed E-state index contributed by atoms with van der Waals surface area (Å²) in [6.07, 6.45) is 0. The number of hydrogen-bond acceptors (Lipinski definition) is 2. The Morgan fingerprint density at radius 1 is 0.700 bits per heavy atom. The molecule has 106 valence electrons. The molecule has 1 aromatic carbocycles. The molecule has 0 saturated heterocycles. The van der Waals surface area contributed by atoms with Crippen molar-refractivity contribution < 1.29 is 30.7 Å². The van der Waals surface area contributed by atoms with E-state index in [0.717, 1.165) is 0 Å². The van der Waals surface area contributed by atoms with E-state index in [2.05, 4.69) is 4.98 Å². The Morgan fingerprint density at radius 2 is 1.15 bits per heavy atom. The Hall–Kier alpha value is -2.32. The highest BCUT2D eigenvalue weighted by molar-refractivity contribution is 5.61. The highest BCUT2D eigenvalue weighted by Crippen LogP contribution is 2.29. The zero-order valence-electron chi connectivity index (χ0n) is 9.25. The molecule has 2 rings (SSSR count). The molecule has 0 amide bonds. The number of hydrogen-bond donors (Lipinski definition) is 1. The van der Waals surface area contributed by atoms with Crippen LogP contribution in [0.5, 0.6) is 0 Å². The van der Waals surface area contributed by atoms with Crippen molar-refractivity contribution >= 4 is 11.4 Å². The van der Waals surface area contributed by atoms with Crippen LogP contribution >= 0.6 is 0 Å². The lowest BCUT2D eigenvalue weighted by Gasteiger charge is -2.11. The van der Waals surface area contributed by atoms with Crippen molar-refractivity contribution in [3.63, 3.8) is 0 Å². The van der Waals surface area contributed by atoms with E-state index in [9.17, 15) is 30.7 Å². The molecule has 0 saturated carbocycles. The molecular weight excluding hydrogens is 293 g/mol. The van der Waals surface area contributed by atoms with Gasteiger partial charge in [-0.2, -0.15) is 22.5 Å². The summed E-state index contributed by atoms with van der Waals surface area (Å²) in [5, 5.41) is 1.50. The lowest BCUT2D eigenvalue weighted by atomic mass is 10.2. The maximum absolute atomic E-state index is 13.3. The van der Waals surface area contributed by atoms with Crippen molar-refractivity contribution in [3.05, 3.63) is 53.1 Å². The van der Waals surface area contributed by atoms with E-state index in [1.165, 1.54) is 5.32 Å².